The summed E-state index contributed by atoms with van der Waals surface area (Å²) >= 11 is 0. The molecule has 0 saturated heterocycles. The van der Waals surface area contributed by atoms with Crippen LogP contribution in [0.1, 0.15) is 0 Å². The molecule has 0 fully saturated rings. The van der Waals surface area contributed by atoms with Crippen LogP contribution in [-0.2, 0) is 0 Å². The van der Waals surface area contributed by atoms with Crippen LogP contribution in [-0.4, -0.2) is 10.2 Å². The van der Waals surface area contributed by atoms with Crippen molar-refractivity contribution < 1.29 is 0 Å². The molecule has 1 aromatic heterocycles. The summed E-state index contributed by atoms with van der Waals surface area (Å²) in [4.78, 5) is 0. The van der Waals surface area contributed by atoms with E-state index in [-0.39, 0.29) is 0 Å². The van der Waals surface area contributed by atoms with Gasteiger partial charge >= 0.3 is 0 Å². The molecule has 1 N–H and O–H groups in total. The highest BCUT2D eigenvalue weighted by Crippen LogP contribution is 2.18. The van der Waals surface area contributed by atoms with Crippen molar-refractivity contribution in [1.29, 1.82) is 0 Å². The van der Waals surface area contributed by atoms with Gasteiger partial charge in [-0.25, -0.2) is 0 Å². The van der Waals surface area contributed by atoms with Gasteiger partial charge in [0.15, 0.2) is 5.82 Å². The van der Waals surface area contributed by atoms with Crippen molar-refractivity contribution in [2.45, 2.75) is 0 Å². The Morgan fingerprint density at radius 3 is 1.95 bits per heavy atom. The first kappa shape index (κ1) is 11.4. The molecule has 0 bridgehead atoms. The van der Waals surface area contributed by atoms with Gasteiger partial charge in [-0.1, -0.05) is 48.5 Å². The molecule has 19 heavy (non-hydrogen) atoms. The third kappa shape index (κ3) is 2.77. The van der Waals surface area contributed by atoms with Crippen LogP contribution in [0, 0.1) is 0 Å². The molecule has 0 aliphatic heterocycles. The van der Waals surface area contributed by atoms with E-state index in [0.717, 1.165) is 22.8 Å². The maximum Gasteiger partial charge on any atom is 0.153 e. The summed E-state index contributed by atoms with van der Waals surface area (Å²) in [7, 11) is 0. The Morgan fingerprint density at radius 2 is 1.32 bits per heavy atom. The van der Waals surface area contributed by atoms with Gasteiger partial charge in [0.2, 0.25) is 0 Å². The molecule has 0 saturated carbocycles. The standard InChI is InChI=1S/C16H13N3/c1-3-7-13(8-4-1)15-11-12-16(19-18-15)17-14-9-5-2-6-10-14/h1-12H,(H,17,19). The topological polar surface area (TPSA) is 37.8 Å². The van der Waals surface area contributed by atoms with E-state index in [9.17, 15) is 0 Å². The smallest absolute Gasteiger partial charge is 0.153 e. The number of aromatic nitrogens is 2. The largest absolute Gasteiger partial charge is 0.339 e. The van der Waals surface area contributed by atoms with Gasteiger partial charge in [-0.05, 0) is 24.3 Å². The lowest BCUT2D eigenvalue weighted by Gasteiger charge is -2.05. The third-order valence-corrected chi connectivity index (χ3v) is 2.78. The maximum absolute atomic E-state index is 4.23. The molecule has 0 radical (unpaired) electrons. The van der Waals surface area contributed by atoms with Crippen LogP contribution in [0.25, 0.3) is 11.3 Å². The van der Waals surface area contributed by atoms with E-state index in [4.69, 9.17) is 0 Å². The van der Waals surface area contributed by atoms with Gasteiger partial charge in [0.05, 0.1) is 5.69 Å². The number of nitrogens with one attached hydrogen (secondary N) is 1. The van der Waals surface area contributed by atoms with Crippen molar-refractivity contribution in [3.63, 3.8) is 0 Å². The molecule has 3 rings (SSSR count). The molecule has 92 valence electrons. The van der Waals surface area contributed by atoms with Crippen LogP contribution in [0.4, 0.5) is 11.5 Å². The Balaban J connectivity index is 1.80. The molecule has 1 heterocycles. The summed E-state index contributed by atoms with van der Waals surface area (Å²) in [5, 5.41) is 11.6. The summed E-state index contributed by atoms with van der Waals surface area (Å²) in [5.74, 6) is 0.742. The second-order valence-corrected chi connectivity index (χ2v) is 4.16. The number of anilines is 2. The monoisotopic (exact) mass is 247 g/mol. The Morgan fingerprint density at radius 1 is 0.632 bits per heavy atom. The molecule has 0 atom stereocenters. The zero-order valence-corrected chi connectivity index (χ0v) is 10.3. The molecule has 0 aliphatic carbocycles. The average molecular weight is 247 g/mol. The molecule has 0 unspecified atom stereocenters. The molecule has 3 aromatic rings. The van der Waals surface area contributed by atoms with E-state index in [0.29, 0.717) is 0 Å². The van der Waals surface area contributed by atoms with Crippen LogP contribution in [0.3, 0.4) is 0 Å². The molecule has 3 nitrogen and oxygen atoms in total. The Hall–Kier alpha value is -2.68. The predicted molar refractivity (Wildman–Crippen MR) is 77.2 cm³/mol. The number of para-hydroxylation sites is 1. The summed E-state index contributed by atoms with van der Waals surface area (Å²) in [6.07, 6.45) is 0. The minimum Gasteiger partial charge on any atom is -0.339 e. The van der Waals surface area contributed by atoms with E-state index in [1.807, 2.05) is 72.8 Å². The number of hydrogen-bond acceptors (Lipinski definition) is 3. The van der Waals surface area contributed by atoms with Gasteiger partial charge in [0.25, 0.3) is 0 Å². The van der Waals surface area contributed by atoms with E-state index >= 15 is 0 Å². The summed E-state index contributed by atoms with van der Waals surface area (Å²) in [6, 6.07) is 23.8. The van der Waals surface area contributed by atoms with Crippen LogP contribution in [0.5, 0.6) is 0 Å². The highest BCUT2D eigenvalue weighted by atomic mass is 15.2. The normalized spacial score (nSPS) is 10.1. The van der Waals surface area contributed by atoms with Crippen LogP contribution < -0.4 is 5.32 Å². The Labute approximate surface area is 112 Å². The van der Waals surface area contributed by atoms with Gasteiger partial charge in [-0.3, -0.25) is 0 Å². The zero-order chi connectivity index (χ0) is 12.9. The quantitative estimate of drug-likeness (QED) is 0.763. The van der Waals surface area contributed by atoms with Crippen molar-refractivity contribution in [3.8, 4) is 11.3 Å². The van der Waals surface area contributed by atoms with Crippen molar-refractivity contribution in [2.24, 2.45) is 0 Å². The van der Waals surface area contributed by atoms with Gasteiger partial charge in [0.1, 0.15) is 0 Å². The summed E-state index contributed by atoms with van der Waals surface area (Å²) in [6.45, 7) is 0. The van der Waals surface area contributed by atoms with Crippen LogP contribution in [0.2, 0.25) is 0 Å². The lowest BCUT2D eigenvalue weighted by molar-refractivity contribution is 1.04. The molecule has 0 aliphatic rings. The third-order valence-electron chi connectivity index (χ3n) is 2.78. The first-order valence-electron chi connectivity index (χ1n) is 6.13. The van der Waals surface area contributed by atoms with Gasteiger partial charge < -0.3 is 5.32 Å². The zero-order valence-electron chi connectivity index (χ0n) is 10.3. The fourth-order valence-electron chi connectivity index (χ4n) is 1.83. The van der Waals surface area contributed by atoms with Crippen molar-refractivity contribution in [2.75, 3.05) is 5.32 Å². The minimum absolute atomic E-state index is 0.742. The van der Waals surface area contributed by atoms with Crippen LogP contribution >= 0.6 is 0 Å². The lowest BCUT2D eigenvalue weighted by atomic mass is 10.1. The summed E-state index contributed by atoms with van der Waals surface area (Å²) in [5.41, 5.74) is 2.95. The molecular formula is C16H13N3. The van der Waals surface area contributed by atoms with E-state index in [2.05, 4.69) is 15.5 Å². The molecule has 3 heteroatoms. The molecule has 0 spiro atoms. The summed E-state index contributed by atoms with van der Waals surface area (Å²) < 4.78 is 0. The number of benzene rings is 2. The average Bonchev–Trinajstić information content (AvgIpc) is 2.50. The van der Waals surface area contributed by atoms with Gasteiger partial charge in [0, 0.05) is 11.3 Å². The molecule has 2 aromatic carbocycles. The van der Waals surface area contributed by atoms with Crippen molar-refractivity contribution >= 4 is 11.5 Å². The second kappa shape index (κ2) is 5.31. The number of rotatable bonds is 3. The fourth-order valence-corrected chi connectivity index (χ4v) is 1.83. The molecular weight excluding hydrogens is 234 g/mol. The number of nitrogens with zero attached hydrogens (tertiary/aromatic N) is 2. The van der Waals surface area contributed by atoms with Crippen LogP contribution in [0.15, 0.2) is 72.8 Å². The van der Waals surface area contributed by atoms with Gasteiger partial charge in [-0.15, -0.1) is 10.2 Å². The van der Waals surface area contributed by atoms with E-state index in [1.165, 1.54) is 0 Å². The highest BCUT2D eigenvalue weighted by molar-refractivity contribution is 5.61. The van der Waals surface area contributed by atoms with E-state index < -0.39 is 0 Å². The SMILES string of the molecule is c1ccc(Nc2ccc(-c3ccccc3)nn2)cc1. The second-order valence-electron chi connectivity index (χ2n) is 4.16. The minimum atomic E-state index is 0.742. The van der Waals surface area contributed by atoms with E-state index in [1.54, 1.807) is 0 Å². The first-order valence-corrected chi connectivity index (χ1v) is 6.13. The number of hydrogen-bond donors (Lipinski definition) is 1. The maximum atomic E-state index is 4.23. The fraction of sp³-hybridized carbons (Fsp3) is 0. The Kier molecular flexibility index (Phi) is 3.19. The lowest BCUT2D eigenvalue weighted by Crippen LogP contribution is -1.96. The first-order chi connectivity index (χ1) is 9.42. The van der Waals surface area contributed by atoms with Gasteiger partial charge in [-0.2, -0.15) is 0 Å². The highest BCUT2D eigenvalue weighted by Gasteiger charge is 2.00. The van der Waals surface area contributed by atoms with Crippen molar-refractivity contribution in [1.82, 2.24) is 10.2 Å². The van der Waals surface area contributed by atoms with Crippen molar-refractivity contribution in [3.05, 3.63) is 72.8 Å². The Bertz CT molecular complexity index is 634. The predicted octanol–water partition coefficient (Wildman–Crippen LogP) is 3.89. The molecule has 0 amide bonds.